The molecule has 0 saturated carbocycles. The van der Waals surface area contributed by atoms with Gasteiger partial charge in [0.15, 0.2) is 5.82 Å². The minimum Gasteiger partial charge on any atom is -0.299 e. The summed E-state index contributed by atoms with van der Waals surface area (Å²) in [5.41, 5.74) is 2.41. The number of allylic oxidation sites excluding steroid dienone is 3. The summed E-state index contributed by atoms with van der Waals surface area (Å²) in [5.74, 6) is -0.753. The highest BCUT2D eigenvalue weighted by atomic mass is 19.1. The molecule has 1 heterocycles. The first-order chi connectivity index (χ1) is 13.4. The Morgan fingerprint density at radius 2 is 1.57 bits per heavy atom. The average Bonchev–Trinajstić information content (AvgIpc) is 3.06. The van der Waals surface area contributed by atoms with E-state index in [1.54, 1.807) is 45.2 Å². The van der Waals surface area contributed by atoms with Crippen molar-refractivity contribution in [3.8, 4) is 0 Å². The molecule has 142 valence electrons. The van der Waals surface area contributed by atoms with E-state index in [0.717, 1.165) is 11.1 Å². The number of tetrazole rings is 1. The van der Waals surface area contributed by atoms with E-state index in [0.29, 0.717) is 11.9 Å². The molecule has 0 fully saturated rings. The Morgan fingerprint density at radius 1 is 1.00 bits per heavy atom. The summed E-state index contributed by atoms with van der Waals surface area (Å²) in [4.78, 5) is 11.0. The third-order valence-electron chi connectivity index (χ3n) is 4.26. The Morgan fingerprint density at radius 3 is 2.00 bits per heavy atom. The molecule has 7 heteroatoms. The maximum absolute atomic E-state index is 14.9. The van der Waals surface area contributed by atoms with E-state index < -0.39 is 11.6 Å². The molecule has 2 aromatic carbocycles. The molecule has 0 aliphatic carbocycles. The van der Waals surface area contributed by atoms with E-state index in [4.69, 9.17) is 0 Å². The molecular formula is C21H18F2N4O. The molecule has 0 aliphatic rings. The molecule has 0 bridgehead atoms. The summed E-state index contributed by atoms with van der Waals surface area (Å²) < 4.78 is 31.2. The Balaban J connectivity index is 2.45. The van der Waals surface area contributed by atoms with Crippen molar-refractivity contribution in [2.75, 3.05) is 0 Å². The quantitative estimate of drug-likeness (QED) is 0.384. The Labute approximate surface area is 161 Å². The van der Waals surface area contributed by atoms with Crippen molar-refractivity contribution >= 4 is 17.4 Å². The van der Waals surface area contributed by atoms with Gasteiger partial charge in [-0.1, -0.05) is 24.3 Å². The van der Waals surface area contributed by atoms with E-state index in [2.05, 4.69) is 15.5 Å². The van der Waals surface area contributed by atoms with Gasteiger partial charge >= 0.3 is 0 Å². The van der Waals surface area contributed by atoms with Crippen molar-refractivity contribution in [2.24, 2.45) is 7.05 Å². The summed E-state index contributed by atoms with van der Waals surface area (Å²) in [6, 6.07) is 9.38. The Bertz CT molecular complexity index is 1050. The van der Waals surface area contributed by atoms with E-state index in [1.165, 1.54) is 29.0 Å². The highest BCUT2D eigenvalue weighted by Gasteiger charge is 2.21. The van der Waals surface area contributed by atoms with Gasteiger partial charge in [-0.05, 0) is 59.7 Å². The van der Waals surface area contributed by atoms with Crippen LogP contribution in [0.2, 0.25) is 0 Å². The van der Waals surface area contributed by atoms with Gasteiger partial charge in [0.05, 0.1) is 0 Å². The third-order valence-corrected chi connectivity index (χ3v) is 4.26. The molecule has 28 heavy (non-hydrogen) atoms. The first-order valence-electron chi connectivity index (χ1n) is 8.54. The molecule has 0 saturated heterocycles. The fourth-order valence-corrected chi connectivity index (χ4v) is 2.94. The second-order valence-electron chi connectivity index (χ2n) is 6.38. The standard InChI is InChI=1S/C21H18F2N4O/c1-13-6-8-15(18(22)11-13)20(16-9-7-14(2)12-19(16)23)17(5-4-10-28)21-24-25-26-27(21)3/h4-12H,1-3H3/b5-4+. The topological polar surface area (TPSA) is 60.7 Å². The lowest BCUT2D eigenvalue weighted by Gasteiger charge is -2.15. The number of aryl methyl sites for hydroxylation is 3. The smallest absolute Gasteiger partial charge is 0.182 e. The van der Waals surface area contributed by atoms with Gasteiger partial charge in [-0.25, -0.2) is 13.5 Å². The van der Waals surface area contributed by atoms with E-state index in [1.807, 2.05) is 0 Å². The number of carbonyl (C=O) groups excluding carboxylic acids is 1. The van der Waals surface area contributed by atoms with E-state index in [-0.39, 0.29) is 22.5 Å². The predicted octanol–water partition coefficient (Wildman–Crippen LogP) is 3.82. The van der Waals surface area contributed by atoms with Crippen LogP contribution >= 0.6 is 0 Å². The fourth-order valence-electron chi connectivity index (χ4n) is 2.94. The van der Waals surface area contributed by atoms with Crippen LogP contribution in [0.3, 0.4) is 0 Å². The monoisotopic (exact) mass is 380 g/mol. The maximum atomic E-state index is 14.9. The molecule has 0 atom stereocenters. The largest absolute Gasteiger partial charge is 0.299 e. The molecule has 5 nitrogen and oxygen atoms in total. The van der Waals surface area contributed by atoms with Gasteiger partial charge in [0.1, 0.15) is 17.9 Å². The first kappa shape index (κ1) is 19.3. The number of hydrogen-bond acceptors (Lipinski definition) is 4. The van der Waals surface area contributed by atoms with Crippen molar-refractivity contribution in [1.82, 2.24) is 20.2 Å². The van der Waals surface area contributed by atoms with Crippen molar-refractivity contribution in [3.05, 3.63) is 88.3 Å². The number of nitrogens with zero attached hydrogens (tertiary/aromatic N) is 4. The molecule has 1 aromatic heterocycles. The highest BCUT2D eigenvalue weighted by Crippen LogP contribution is 2.35. The van der Waals surface area contributed by atoms with Gasteiger partial charge in [0.2, 0.25) is 0 Å². The van der Waals surface area contributed by atoms with Gasteiger partial charge in [-0.15, -0.1) is 5.10 Å². The lowest BCUT2D eigenvalue weighted by Crippen LogP contribution is -2.04. The molecule has 0 spiro atoms. The van der Waals surface area contributed by atoms with Gasteiger partial charge < -0.3 is 0 Å². The van der Waals surface area contributed by atoms with Crippen molar-refractivity contribution in [1.29, 1.82) is 0 Å². The van der Waals surface area contributed by atoms with Gasteiger partial charge in [-0.2, -0.15) is 0 Å². The molecule has 0 N–H and O–H groups in total. The minimum absolute atomic E-state index is 0.182. The number of aldehydes is 1. The summed E-state index contributed by atoms with van der Waals surface area (Å²) in [6.45, 7) is 3.53. The van der Waals surface area contributed by atoms with Crippen LogP contribution in [0.5, 0.6) is 0 Å². The minimum atomic E-state index is -0.512. The van der Waals surface area contributed by atoms with Gasteiger partial charge in [0.25, 0.3) is 0 Å². The number of rotatable bonds is 5. The van der Waals surface area contributed by atoms with Crippen LogP contribution in [0, 0.1) is 25.5 Å². The molecule has 0 radical (unpaired) electrons. The van der Waals surface area contributed by atoms with Crippen LogP contribution in [0.1, 0.15) is 28.1 Å². The van der Waals surface area contributed by atoms with Crippen molar-refractivity contribution in [3.63, 3.8) is 0 Å². The van der Waals surface area contributed by atoms with Crippen LogP contribution in [0.25, 0.3) is 11.1 Å². The number of hydrogen-bond donors (Lipinski definition) is 0. The third kappa shape index (κ3) is 3.78. The summed E-state index contributed by atoms with van der Waals surface area (Å²) in [6.07, 6.45) is 3.27. The van der Waals surface area contributed by atoms with Gasteiger partial charge in [0, 0.05) is 29.3 Å². The van der Waals surface area contributed by atoms with Crippen LogP contribution in [0.15, 0.2) is 48.6 Å². The normalized spacial score (nSPS) is 11.0. The number of halogens is 2. The maximum Gasteiger partial charge on any atom is 0.182 e. The van der Waals surface area contributed by atoms with Crippen LogP contribution < -0.4 is 0 Å². The van der Waals surface area contributed by atoms with Crippen LogP contribution in [-0.2, 0) is 11.8 Å². The lowest BCUT2D eigenvalue weighted by molar-refractivity contribution is -0.104. The first-order valence-corrected chi connectivity index (χ1v) is 8.54. The second-order valence-corrected chi connectivity index (χ2v) is 6.38. The zero-order chi connectivity index (χ0) is 20.3. The molecule has 0 unspecified atom stereocenters. The average molecular weight is 380 g/mol. The van der Waals surface area contributed by atoms with Crippen LogP contribution in [0.4, 0.5) is 8.78 Å². The van der Waals surface area contributed by atoms with Gasteiger partial charge in [-0.3, -0.25) is 4.79 Å². The Kier molecular flexibility index (Phi) is 5.54. The van der Waals surface area contributed by atoms with Crippen molar-refractivity contribution in [2.45, 2.75) is 13.8 Å². The number of benzene rings is 2. The lowest BCUT2D eigenvalue weighted by atomic mass is 9.90. The molecule has 3 rings (SSSR count). The fraction of sp³-hybridized carbons (Fsp3) is 0.143. The SMILES string of the molecule is Cc1ccc(C(=C(/C=C/C=O)c2nnnn2C)c2ccc(C)cc2F)c(F)c1. The predicted molar refractivity (Wildman–Crippen MR) is 102 cm³/mol. The van der Waals surface area contributed by atoms with Crippen LogP contribution in [-0.4, -0.2) is 26.5 Å². The summed E-state index contributed by atoms with van der Waals surface area (Å²) >= 11 is 0. The molecule has 0 aliphatic heterocycles. The Hall–Kier alpha value is -3.48. The molecule has 0 amide bonds. The zero-order valence-corrected chi connectivity index (χ0v) is 15.6. The number of aromatic nitrogens is 4. The van der Waals surface area contributed by atoms with Crippen molar-refractivity contribution < 1.29 is 13.6 Å². The number of carbonyl (C=O) groups is 1. The summed E-state index contributed by atoms with van der Waals surface area (Å²) in [7, 11) is 1.61. The van der Waals surface area contributed by atoms with E-state index in [9.17, 15) is 13.6 Å². The summed E-state index contributed by atoms with van der Waals surface area (Å²) in [5, 5.41) is 11.4. The second kappa shape index (κ2) is 8.04. The molecular weight excluding hydrogens is 362 g/mol. The van der Waals surface area contributed by atoms with E-state index >= 15 is 0 Å². The zero-order valence-electron chi connectivity index (χ0n) is 15.6. The molecule has 3 aromatic rings. The highest BCUT2D eigenvalue weighted by molar-refractivity contribution is 6.02.